The fourth-order valence-corrected chi connectivity index (χ4v) is 1.03. The minimum Gasteiger partial charge on any atom is -0.480 e. The van der Waals surface area contributed by atoms with Gasteiger partial charge in [0.05, 0.1) is 19.0 Å². The second-order valence-electron chi connectivity index (χ2n) is 2.20. The van der Waals surface area contributed by atoms with Gasteiger partial charge < -0.3 is 15.8 Å². The van der Waals surface area contributed by atoms with Crippen LogP contribution in [0, 0.1) is 0 Å². The summed E-state index contributed by atoms with van der Waals surface area (Å²) in [6.45, 7) is 0. The van der Waals surface area contributed by atoms with Crippen LogP contribution in [0.4, 0.5) is 10.5 Å². The van der Waals surface area contributed by atoms with E-state index in [2.05, 4.69) is 10.3 Å². The molecule has 0 aliphatic heterocycles. The van der Waals surface area contributed by atoms with E-state index in [9.17, 15) is 4.79 Å². The maximum atomic E-state index is 10.4. The minimum absolute atomic E-state index is 0.302. The monoisotopic (exact) mass is 201 g/mol. The third kappa shape index (κ3) is 2.48. The first-order chi connectivity index (χ1) is 6.13. The highest BCUT2D eigenvalue weighted by atomic mass is 35.5. The van der Waals surface area contributed by atoms with Gasteiger partial charge >= 0.3 is 6.03 Å². The van der Waals surface area contributed by atoms with Gasteiger partial charge in [0.2, 0.25) is 5.88 Å². The third-order valence-electron chi connectivity index (χ3n) is 1.27. The number of carbonyl (C=O) groups excluding carboxylic acids is 1. The van der Waals surface area contributed by atoms with Gasteiger partial charge in [-0.05, 0) is 6.07 Å². The van der Waals surface area contributed by atoms with Crippen molar-refractivity contribution in [1.29, 1.82) is 0 Å². The minimum atomic E-state index is -0.664. The molecule has 0 unspecified atom stereocenters. The van der Waals surface area contributed by atoms with Crippen LogP contribution in [0.5, 0.6) is 5.88 Å². The second kappa shape index (κ2) is 3.95. The van der Waals surface area contributed by atoms with Gasteiger partial charge in [-0.1, -0.05) is 11.6 Å². The maximum Gasteiger partial charge on any atom is 0.316 e. The smallest absolute Gasteiger partial charge is 0.316 e. The molecule has 1 rings (SSSR count). The first-order valence-corrected chi connectivity index (χ1v) is 3.77. The lowest BCUT2D eigenvalue weighted by Crippen LogP contribution is -2.19. The Labute approximate surface area is 79.8 Å². The van der Waals surface area contributed by atoms with Crippen LogP contribution >= 0.6 is 11.6 Å². The molecule has 1 aromatic rings. The molecule has 0 atom stereocenters. The van der Waals surface area contributed by atoms with Crippen molar-refractivity contribution in [2.75, 3.05) is 12.4 Å². The van der Waals surface area contributed by atoms with Gasteiger partial charge in [0, 0.05) is 0 Å². The highest BCUT2D eigenvalue weighted by Gasteiger charge is 2.03. The van der Waals surface area contributed by atoms with Crippen LogP contribution < -0.4 is 15.8 Å². The van der Waals surface area contributed by atoms with Crippen molar-refractivity contribution in [3.05, 3.63) is 17.3 Å². The predicted molar refractivity (Wildman–Crippen MR) is 49.0 cm³/mol. The molecule has 5 nitrogen and oxygen atoms in total. The van der Waals surface area contributed by atoms with E-state index in [1.165, 1.54) is 19.4 Å². The summed E-state index contributed by atoms with van der Waals surface area (Å²) in [5.41, 5.74) is 5.32. The molecule has 1 heterocycles. The first-order valence-electron chi connectivity index (χ1n) is 3.39. The molecule has 0 aliphatic carbocycles. The summed E-state index contributed by atoms with van der Waals surface area (Å²) in [6.07, 6.45) is 1.40. The molecule has 0 aliphatic rings. The van der Waals surface area contributed by atoms with Crippen molar-refractivity contribution in [2.45, 2.75) is 0 Å². The topological polar surface area (TPSA) is 77.2 Å². The molecule has 0 fully saturated rings. The number of anilines is 1. The Hall–Kier alpha value is -1.49. The number of nitrogens with one attached hydrogen (secondary N) is 1. The number of nitrogens with two attached hydrogens (primary N) is 1. The van der Waals surface area contributed by atoms with E-state index in [1.807, 2.05) is 0 Å². The molecular formula is C7H8ClN3O2. The van der Waals surface area contributed by atoms with E-state index >= 15 is 0 Å². The molecule has 1 aromatic heterocycles. The standard InChI is InChI=1S/C7H8ClN3O2/c1-13-6-5(8)2-4(3-10-6)11-7(9)12/h2-3H,1H3,(H3,9,11,12). The number of nitrogens with zero attached hydrogens (tertiary/aromatic N) is 1. The molecule has 6 heteroatoms. The maximum absolute atomic E-state index is 10.4. The number of rotatable bonds is 2. The average molecular weight is 202 g/mol. The lowest BCUT2D eigenvalue weighted by molar-refractivity contribution is 0.259. The van der Waals surface area contributed by atoms with Crippen molar-refractivity contribution in [2.24, 2.45) is 5.73 Å². The second-order valence-corrected chi connectivity index (χ2v) is 2.61. The summed E-state index contributed by atoms with van der Waals surface area (Å²) in [5.74, 6) is 0.302. The molecule has 0 saturated heterocycles. The molecule has 0 saturated carbocycles. The Balaban J connectivity index is 2.89. The quantitative estimate of drug-likeness (QED) is 0.756. The van der Waals surface area contributed by atoms with Gasteiger partial charge in [-0.25, -0.2) is 9.78 Å². The number of methoxy groups -OCH3 is 1. The van der Waals surface area contributed by atoms with Gasteiger partial charge in [0.25, 0.3) is 0 Å². The summed E-state index contributed by atoms with van der Waals surface area (Å²) in [7, 11) is 1.45. The van der Waals surface area contributed by atoms with E-state index in [1.54, 1.807) is 0 Å². The molecule has 0 radical (unpaired) electrons. The van der Waals surface area contributed by atoms with E-state index < -0.39 is 6.03 Å². The Morgan fingerprint density at radius 2 is 2.46 bits per heavy atom. The molecular weight excluding hydrogens is 194 g/mol. The fraction of sp³-hybridized carbons (Fsp3) is 0.143. The Morgan fingerprint density at radius 3 is 2.92 bits per heavy atom. The number of pyridine rings is 1. The van der Waals surface area contributed by atoms with Gasteiger partial charge in [-0.3, -0.25) is 0 Å². The molecule has 3 N–H and O–H groups in total. The highest BCUT2D eigenvalue weighted by Crippen LogP contribution is 2.23. The van der Waals surface area contributed by atoms with Gasteiger partial charge in [0.15, 0.2) is 0 Å². The molecule has 0 aromatic carbocycles. The number of hydrogen-bond donors (Lipinski definition) is 2. The Kier molecular flexibility index (Phi) is 2.92. The van der Waals surface area contributed by atoms with E-state index in [4.69, 9.17) is 22.1 Å². The van der Waals surface area contributed by atoms with Crippen LogP contribution in [0.3, 0.4) is 0 Å². The van der Waals surface area contributed by atoms with Gasteiger partial charge in [-0.2, -0.15) is 0 Å². The number of halogens is 1. The number of hydrogen-bond acceptors (Lipinski definition) is 3. The Morgan fingerprint density at radius 1 is 1.77 bits per heavy atom. The molecule has 2 amide bonds. The summed E-state index contributed by atoms with van der Waals surface area (Å²) in [5, 5.41) is 2.65. The zero-order valence-electron chi connectivity index (χ0n) is 6.87. The van der Waals surface area contributed by atoms with Crippen LogP contribution in [0.1, 0.15) is 0 Å². The third-order valence-corrected chi connectivity index (χ3v) is 1.54. The van der Waals surface area contributed by atoms with Crippen LogP contribution in [0.15, 0.2) is 12.3 Å². The van der Waals surface area contributed by atoms with Crippen molar-refractivity contribution in [1.82, 2.24) is 4.98 Å². The van der Waals surface area contributed by atoms with Crippen LogP contribution in [-0.4, -0.2) is 18.1 Å². The van der Waals surface area contributed by atoms with E-state index in [0.717, 1.165) is 0 Å². The van der Waals surface area contributed by atoms with Gasteiger partial charge in [0.1, 0.15) is 5.02 Å². The average Bonchev–Trinajstić information content (AvgIpc) is 2.03. The summed E-state index contributed by atoms with van der Waals surface area (Å²) >= 11 is 5.73. The van der Waals surface area contributed by atoms with Crippen LogP contribution in [-0.2, 0) is 0 Å². The lowest BCUT2D eigenvalue weighted by Gasteiger charge is -2.04. The van der Waals surface area contributed by atoms with Crippen molar-refractivity contribution >= 4 is 23.3 Å². The number of aromatic nitrogens is 1. The number of amides is 2. The summed E-state index contributed by atoms with van der Waals surface area (Å²) in [6, 6.07) is 0.834. The fourth-order valence-electron chi connectivity index (χ4n) is 0.786. The molecule has 0 spiro atoms. The zero-order chi connectivity index (χ0) is 9.84. The van der Waals surface area contributed by atoms with E-state index in [-0.39, 0.29) is 0 Å². The summed E-state index contributed by atoms with van der Waals surface area (Å²) in [4.78, 5) is 14.3. The van der Waals surface area contributed by atoms with Crippen molar-refractivity contribution in [3.8, 4) is 5.88 Å². The predicted octanol–water partition coefficient (Wildman–Crippen LogP) is 1.23. The van der Waals surface area contributed by atoms with E-state index in [0.29, 0.717) is 16.6 Å². The molecule has 70 valence electrons. The Bertz CT molecular complexity index is 330. The van der Waals surface area contributed by atoms with Gasteiger partial charge in [-0.15, -0.1) is 0 Å². The zero-order valence-corrected chi connectivity index (χ0v) is 7.63. The van der Waals surface area contributed by atoms with Crippen molar-refractivity contribution in [3.63, 3.8) is 0 Å². The normalized spacial score (nSPS) is 9.38. The summed E-state index contributed by atoms with van der Waals surface area (Å²) < 4.78 is 4.82. The molecule has 13 heavy (non-hydrogen) atoms. The molecule has 0 bridgehead atoms. The highest BCUT2D eigenvalue weighted by molar-refractivity contribution is 6.32. The number of ether oxygens (including phenoxy) is 1. The lowest BCUT2D eigenvalue weighted by atomic mass is 10.4. The first kappa shape index (κ1) is 9.60. The van der Waals surface area contributed by atoms with Crippen molar-refractivity contribution < 1.29 is 9.53 Å². The largest absolute Gasteiger partial charge is 0.480 e. The number of primary amides is 1. The number of carbonyl (C=O) groups is 1. The van der Waals surface area contributed by atoms with Crippen LogP contribution in [0.2, 0.25) is 5.02 Å². The number of urea groups is 1. The SMILES string of the molecule is COc1ncc(NC(N)=O)cc1Cl. The van der Waals surface area contributed by atoms with Crippen LogP contribution in [0.25, 0.3) is 0 Å².